The number of likely N-dealkylation sites (tertiary alicyclic amines) is 1. The Morgan fingerprint density at radius 2 is 2.00 bits per heavy atom. The molecule has 0 spiro atoms. The number of piperidine rings is 1. The topological polar surface area (TPSA) is 38.5 Å². The van der Waals surface area contributed by atoms with Gasteiger partial charge in [0.25, 0.3) is 0 Å². The van der Waals surface area contributed by atoms with E-state index in [1.165, 1.54) is 37.9 Å². The molecule has 0 atom stereocenters. The van der Waals surface area contributed by atoms with Crippen LogP contribution in [-0.4, -0.2) is 25.1 Å². The molecule has 0 amide bonds. The van der Waals surface area contributed by atoms with E-state index in [1.54, 1.807) is 7.11 Å². The van der Waals surface area contributed by atoms with Gasteiger partial charge < -0.3 is 10.5 Å². The molecule has 1 aromatic rings. The van der Waals surface area contributed by atoms with Gasteiger partial charge in [0, 0.05) is 6.54 Å². The quantitative estimate of drug-likeness (QED) is 0.846. The summed E-state index contributed by atoms with van der Waals surface area (Å²) in [6.07, 6.45) is 3.89. The van der Waals surface area contributed by atoms with Crippen LogP contribution < -0.4 is 10.5 Å². The van der Waals surface area contributed by atoms with Crippen molar-refractivity contribution in [2.45, 2.75) is 39.7 Å². The second-order valence-corrected chi connectivity index (χ2v) is 6.02. The van der Waals surface area contributed by atoms with Gasteiger partial charge in [0.05, 0.1) is 12.8 Å². The van der Waals surface area contributed by atoms with Gasteiger partial charge in [-0.15, -0.1) is 0 Å². The molecule has 106 valence electrons. The van der Waals surface area contributed by atoms with Crippen molar-refractivity contribution in [1.82, 2.24) is 4.90 Å². The lowest BCUT2D eigenvalue weighted by Crippen LogP contribution is -2.37. The molecule has 2 N–H and O–H groups in total. The minimum atomic E-state index is 0.551. The van der Waals surface area contributed by atoms with Crippen molar-refractivity contribution >= 4 is 5.69 Å². The van der Waals surface area contributed by atoms with E-state index in [4.69, 9.17) is 10.5 Å². The number of ether oxygens (including phenoxy) is 1. The molecular formula is C16H26N2O. The van der Waals surface area contributed by atoms with E-state index >= 15 is 0 Å². The van der Waals surface area contributed by atoms with Crippen LogP contribution >= 0.6 is 0 Å². The lowest BCUT2D eigenvalue weighted by molar-refractivity contribution is 0.109. The minimum absolute atomic E-state index is 0.551. The maximum absolute atomic E-state index is 5.96. The number of hydrogen-bond acceptors (Lipinski definition) is 3. The van der Waals surface area contributed by atoms with Gasteiger partial charge in [-0.25, -0.2) is 0 Å². The first-order chi connectivity index (χ1) is 9.06. The molecule has 0 aromatic heterocycles. The Bertz CT molecular complexity index is 423. The Labute approximate surface area is 116 Å². The third-order valence-electron chi connectivity index (χ3n) is 4.62. The van der Waals surface area contributed by atoms with E-state index in [1.807, 2.05) is 12.1 Å². The molecule has 3 heteroatoms. The molecule has 19 heavy (non-hydrogen) atoms. The molecule has 0 bridgehead atoms. The molecule has 1 aliphatic rings. The van der Waals surface area contributed by atoms with E-state index in [0.717, 1.165) is 18.0 Å². The number of benzene rings is 1. The summed E-state index contributed by atoms with van der Waals surface area (Å²) in [6, 6.07) is 6.11. The van der Waals surface area contributed by atoms with Crippen molar-refractivity contribution in [3.63, 3.8) is 0 Å². The monoisotopic (exact) mass is 262 g/mol. The standard InChI is InChI=1S/C16H26N2O/c1-4-16(2)7-9-18(10-8-16)12-13-5-6-15(19-3)14(17)11-13/h5-6,11H,4,7-10,12,17H2,1-3H3. The van der Waals surface area contributed by atoms with Crippen LogP contribution in [-0.2, 0) is 6.54 Å². The Morgan fingerprint density at radius 1 is 1.32 bits per heavy atom. The predicted octanol–water partition coefficient (Wildman–Crippen LogP) is 3.29. The zero-order valence-electron chi connectivity index (χ0n) is 12.4. The average molecular weight is 262 g/mol. The van der Waals surface area contributed by atoms with Gasteiger partial charge in [-0.3, -0.25) is 4.90 Å². The van der Waals surface area contributed by atoms with E-state index in [9.17, 15) is 0 Å². The first-order valence-electron chi connectivity index (χ1n) is 7.21. The highest BCUT2D eigenvalue weighted by atomic mass is 16.5. The number of nitrogens with two attached hydrogens (primary N) is 1. The van der Waals surface area contributed by atoms with Gasteiger partial charge in [-0.1, -0.05) is 26.3 Å². The van der Waals surface area contributed by atoms with Crippen molar-refractivity contribution in [3.05, 3.63) is 23.8 Å². The van der Waals surface area contributed by atoms with Crippen LogP contribution in [0.1, 0.15) is 38.7 Å². The smallest absolute Gasteiger partial charge is 0.141 e. The van der Waals surface area contributed by atoms with Crippen LogP contribution in [0.4, 0.5) is 5.69 Å². The van der Waals surface area contributed by atoms with Gasteiger partial charge >= 0.3 is 0 Å². The lowest BCUT2D eigenvalue weighted by Gasteiger charge is -2.39. The van der Waals surface area contributed by atoms with E-state index in [2.05, 4.69) is 24.8 Å². The molecule has 0 radical (unpaired) electrons. The van der Waals surface area contributed by atoms with Crippen molar-refractivity contribution in [2.75, 3.05) is 25.9 Å². The van der Waals surface area contributed by atoms with Crippen molar-refractivity contribution in [2.24, 2.45) is 5.41 Å². The fraction of sp³-hybridized carbons (Fsp3) is 0.625. The third-order valence-corrected chi connectivity index (χ3v) is 4.62. The summed E-state index contributed by atoms with van der Waals surface area (Å²) in [5.74, 6) is 0.765. The number of methoxy groups -OCH3 is 1. The molecule has 0 unspecified atom stereocenters. The second-order valence-electron chi connectivity index (χ2n) is 6.02. The number of nitrogen functional groups attached to an aromatic ring is 1. The van der Waals surface area contributed by atoms with Crippen LogP contribution in [0.5, 0.6) is 5.75 Å². The zero-order chi connectivity index (χ0) is 13.9. The summed E-state index contributed by atoms with van der Waals surface area (Å²) >= 11 is 0. The summed E-state index contributed by atoms with van der Waals surface area (Å²) in [5.41, 5.74) is 8.52. The summed E-state index contributed by atoms with van der Waals surface area (Å²) in [4.78, 5) is 2.53. The zero-order valence-corrected chi connectivity index (χ0v) is 12.4. The molecule has 0 aliphatic carbocycles. The molecule has 1 saturated heterocycles. The molecule has 1 fully saturated rings. The molecule has 1 aromatic carbocycles. The number of rotatable bonds is 4. The first-order valence-corrected chi connectivity index (χ1v) is 7.21. The highest BCUT2D eigenvalue weighted by molar-refractivity contribution is 5.54. The van der Waals surface area contributed by atoms with E-state index < -0.39 is 0 Å². The summed E-state index contributed by atoms with van der Waals surface area (Å²) < 4.78 is 5.19. The summed E-state index contributed by atoms with van der Waals surface area (Å²) in [6.45, 7) is 8.09. The van der Waals surface area contributed by atoms with Crippen LogP contribution in [0.3, 0.4) is 0 Å². The van der Waals surface area contributed by atoms with Crippen molar-refractivity contribution in [3.8, 4) is 5.75 Å². The van der Waals surface area contributed by atoms with Gasteiger partial charge in [-0.2, -0.15) is 0 Å². The molecule has 0 saturated carbocycles. The second kappa shape index (κ2) is 5.83. The maximum atomic E-state index is 5.96. The Hall–Kier alpha value is -1.22. The normalized spacial score (nSPS) is 19.3. The molecule has 3 nitrogen and oxygen atoms in total. The average Bonchev–Trinajstić information content (AvgIpc) is 2.42. The number of hydrogen-bond donors (Lipinski definition) is 1. The van der Waals surface area contributed by atoms with Gasteiger partial charge in [0.2, 0.25) is 0 Å². The van der Waals surface area contributed by atoms with E-state index in [0.29, 0.717) is 5.41 Å². The first kappa shape index (κ1) is 14.2. The van der Waals surface area contributed by atoms with Crippen LogP contribution in [0.2, 0.25) is 0 Å². The Morgan fingerprint density at radius 3 is 2.53 bits per heavy atom. The maximum Gasteiger partial charge on any atom is 0.141 e. The van der Waals surface area contributed by atoms with Gasteiger partial charge in [0.1, 0.15) is 5.75 Å². The van der Waals surface area contributed by atoms with Gasteiger partial charge in [0.15, 0.2) is 0 Å². The largest absolute Gasteiger partial charge is 0.495 e. The SMILES string of the molecule is CCC1(C)CCN(Cc2ccc(OC)c(N)c2)CC1. The predicted molar refractivity (Wildman–Crippen MR) is 80.3 cm³/mol. The number of anilines is 1. The highest BCUT2D eigenvalue weighted by Crippen LogP contribution is 2.34. The van der Waals surface area contributed by atoms with E-state index in [-0.39, 0.29) is 0 Å². The highest BCUT2D eigenvalue weighted by Gasteiger charge is 2.28. The summed E-state index contributed by atoms with van der Waals surface area (Å²) in [7, 11) is 1.65. The molecule has 1 aliphatic heterocycles. The van der Waals surface area contributed by atoms with Crippen LogP contribution in [0, 0.1) is 5.41 Å². The number of nitrogens with zero attached hydrogens (tertiary/aromatic N) is 1. The van der Waals surface area contributed by atoms with Crippen molar-refractivity contribution in [1.29, 1.82) is 0 Å². The Kier molecular flexibility index (Phi) is 4.35. The van der Waals surface area contributed by atoms with Crippen LogP contribution in [0.25, 0.3) is 0 Å². The lowest BCUT2D eigenvalue weighted by atomic mass is 9.78. The molecule has 2 rings (SSSR count). The minimum Gasteiger partial charge on any atom is -0.495 e. The molecule has 1 heterocycles. The Balaban J connectivity index is 1.94. The fourth-order valence-electron chi connectivity index (χ4n) is 2.74. The third kappa shape index (κ3) is 3.41. The fourth-order valence-corrected chi connectivity index (χ4v) is 2.74. The summed E-state index contributed by atoms with van der Waals surface area (Å²) in [5, 5.41) is 0. The van der Waals surface area contributed by atoms with Crippen molar-refractivity contribution < 1.29 is 4.74 Å². The molecular weight excluding hydrogens is 236 g/mol. The van der Waals surface area contributed by atoms with Gasteiger partial charge in [-0.05, 0) is 49.0 Å². The van der Waals surface area contributed by atoms with Crippen LogP contribution in [0.15, 0.2) is 18.2 Å².